The molecular formula is C11H11F4NO2. The molecule has 1 rings (SSSR count). The first-order valence-electron chi connectivity index (χ1n) is 4.97. The van der Waals surface area contributed by atoms with Crippen LogP contribution in [0.4, 0.5) is 17.6 Å². The van der Waals surface area contributed by atoms with Crippen molar-refractivity contribution < 1.29 is 27.5 Å². The van der Waals surface area contributed by atoms with E-state index in [2.05, 4.69) is 0 Å². The number of hydrogen-bond acceptors (Lipinski definition) is 2. The Labute approximate surface area is 100 Å². The van der Waals surface area contributed by atoms with Gasteiger partial charge in [-0.15, -0.1) is 0 Å². The number of aliphatic carboxylic acids is 1. The normalized spacial score (nSPS) is 15.2. The molecule has 0 saturated carbocycles. The highest BCUT2D eigenvalue weighted by atomic mass is 19.4. The summed E-state index contributed by atoms with van der Waals surface area (Å²) in [5, 5.41) is 9.04. The lowest BCUT2D eigenvalue weighted by Crippen LogP contribution is -2.46. The number of nitrogens with two attached hydrogens (primary N) is 1. The van der Waals surface area contributed by atoms with E-state index in [0.29, 0.717) is 0 Å². The molecule has 0 aliphatic rings. The van der Waals surface area contributed by atoms with Crippen molar-refractivity contribution in [2.45, 2.75) is 18.0 Å². The lowest BCUT2D eigenvalue weighted by atomic mass is 9.77. The van der Waals surface area contributed by atoms with Crippen LogP contribution in [0.5, 0.6) is 0 Å². The Morgan fingerprint density at radius 1 is 1.22 bits per heavy atom. The second-order valence-corrected chi connectivity index (χ2v) is 3.89. The predicted octanol–water partition coefficient (Wildman–Crippen LogP) is 2.06. The molecule has 3 N–H and O–H groups in total. The third-order valence-corrected chi connectivity index (χ3v) is 2.66. The smallest absolute Gasteiger partial charge is 0.390 e. The van der Waals surface area contributed by atoms with Crippen molar-refractivity contribution in [1.29, 1.82) is 0 Å². The van der Waals surface area contributed by atoms with Crippen LogP contribution in [0, 0.1) is 5.82 Å². The van der Waals surface area contributed by atoms with Crippen LogP contribution in [-0.4, -0.2) is 23.8 Å². The first-order valence-corrected chi connectivity index (χ1v) is 4.97. The summed E-state index contributed by atoms with van der Waals surface area (Å²) in [6.45, 7) is -0.729. The Morgan fingerprint density at radius 3 is 2.06 bits per heavy atom. The average Bonchev–Trinajstić information content (AvgIpc) is 2.25. The first-order chi connectivity index (χ1) is 8.21. The summed E-state index contributed by atoms with van der Waals surface area (Å²) in [7, 11) is 0. The Morgan fingerprint density at radius 2 is 1.72 bits per heavy atom. The molecule has 1 aromatic rings. The minimum atomic E-state index is -4.69. The molecule has 0 aliphatic heterocycles. The lowest BCUT2D eigenvalue weighted by molar-refractivity contribution is -0.167. The maximum atomic E-state index is 12.7. The molecule has 0 fully saturated rings. The molecule has 18 heavy (non-hydrogen) atoms. The molecule has 0 spiro atoms. The van der Waals surface area contributed by atoms with Gasteiger partial charge in [-0.2, -0.15) is 13.2 Å². The highest BCUT2D eigenvalue weighted by Crippen LogP contribution is 2.36. The van der Waals surface area contributed by atoms with Gasteiger partial charge in [0.15, 0.2) is 0 Å². The van der Waals surface area contributed by atoms with Gasteiger partial charge in [0, 0.05) is 6.54 Å². The Kier molecular flexibility index (Phi) is 3.95. The van der Waals surface area contributed by atoms with Crippen LogP contribution in [-0.2, 0) is 10.2 Å². The summed E-state index contributed by atoms with van der Waals surface area (Å²) in [6.07, 6.45) is -6.29. The standard InChI is InChI=1S/C11H11F4NO2/c12-8-3-1-7(2-4-8)10(6-16,9(17)18)5-11(13,14)15/h1-4H,5-6,16H2,(H,17,18). The van der Waals surface area contributed by atoms with Gasteiger partial charge in [0.25, 0.3) is 0 Å². The number of halogens is 4. The fraction of sp³-hybridized carbons (Fsp3) is 0.364. The third kappa shape index (κ3) is 2.98. The van der Waals surface area contributed by atoms with Gasteiger partial charge >= 0.3 is 12.1 Å². The van der Waals surface area contributed by atoms with Gasteiger partial charge < -0.3 is 10.8 Å². The van der Waals surface area contributed by atoms with E-state index >= 15 is 0 Å². The van der Waals surface area contributed by atoms with Crippen LogP contribution < -0.4 is 5.73 Å². The highest BCUT2D eigenvalue weighted by molar-refractivity contribution is 5.81. The zero-order valence-corrected chi connectivity index (χ0v) is 9.17. The Balaban J connectivity index is 3.27. The van der Waals surface area contributed by atoms with E-state index in [1.807, 2.05) is 0 Å². The van der Waals surface area contributed by atoms with E-state index in [1.165, 1.54) is 0 Å². The van der Waals surface area contributed by atoms with Crippen molar-refractivity contribution in [3.63, 3.8) is 0 Å². The van der Waals surface area contributed by atoms with Crippen molar-refractivity contribution in [3.8, 4) is 0 Å². The van der Waals surface area contributed by atoms with Crippen LogP contribution in [0.1, 0.15) is 12.0 Å². The molecule has 100 valence electrons. The number of hydrogen-bond donors (Lipinski definition) is 2. The number of carboxylic acid groups (broad SMARTS) is 1. The van der Waals surface area contributed by atoms with E-state index in [4.69, 9.17) is 10.8 Å². The van der Waals surface area contributed by atoms with Gasteiger partial charge in [0.2, 0.25) is 0 Å². The number of rotatable bonds is 4. The van der Waals surface area contributed by atoms with Gasteiger partial charge in [0.05, 0.1) is 6.42 Å². The van der Waals surface area contributed by atoms with E-state index in [0.717, 1.165) is 24.3 Å². The molecule has 7 heteroatoms. The lowest BCUT2D eigenvalue weighted by Gasteiger charge is -2.29. The minimum absolute atomic E-state index is 0.170. The molecule has 1 aromatic carbocycles. The predicted molar refractivity (Wildman–Crippen MR) is 55.4 cm³/mol. The SMILES string of the molecule is NCC(CC(F)(F)F)(C(=O)O)c1ccc(F)cc1. The van der Waals surface area contributed by atoms with Gasteiger partial charge in [0.1, 0.15) is 11.2 Å². The zero-order valence-electron chi connectivity index (χ0n) is 9.17. The monoisotopic (exact) mass is 265 g/mol. The number of benzene rings is 1. The molecule has 1 unspecified atom stereocenters. The molecule has 0 aliphatic carbocycles. The highest BCUT2D eigenvalue weighted by Gasteiger charge is 2.48. The Hall–Kier alpha value is -1.63. The van der Waals surface area contributed by atoms with Crippen LogP contribution >= 0.6 is 0 Å². The fourth-order valence-electron chi connectivity index (χ4n) is 1.69. The molecule has 0 heterocycles. The summed E-state index contributed by atoms with van der Waals surface area (Å²) in [6, 6.07) is 3.81. The number of alkyl halides is 3. The molecule has 0 aromatic heterocycles. The van der Waals surface area contributed by atoms with E-state index < -0.39 is 36.3 Å². The molecule has 3 nitrogen and oxygen atoms in total. The van der Waals surface area contributed by atoms with E-state index in [-0.39, 0.29) is 5.56 Å². The third-order valence-electron chi connectivity index (χ3n) is 2.66. The quantitative estimate of drug-likeness (QED) is 0.819. The maximum Gasteiger partial charge on any atom is 0.390 e. The van der Waals surface area contributed by atoms with Gasteiger partial charge in [-0.3, -0.25) is 4.79 Å². The minimum Gasteiger partial charge on any atom is -0.481 e. The topological polar surface area (TPSA) is 63.3 Å². The van der Waals surface area contributed by atoms with Crippen molar-refractivity contribution in [3.05, 3.63) is 35.6 Å². The molecule has 0 bridgehead atoms. The molecule has 0 radical (unpaired) electrons. The second kappa shape index (κ2) is 4.93. The second-order valence-electron chi connectivity index (χ2n) is 3.89. The van der Waals surface area contributed by atoms with Crippen molar-refractivity contribution in [2.24, 2.45) is 5.73 Å². The largest absolute Gasteiger partial charge is 0.481 e. The van der Waals surface area contributed by atoms with Gasteiger partial charge in [-0.25, -0.2) is 4.39 Å². The van der Waals surface area contributed by atoms with Gasteiger partial charge in [-0.1, -0.05) is 12.1 Å². The van der Waals surface area contributed by atoms with E-state index in [1.54, 1.807) is 0 Å². The Bertz CT molecular complexity index is 430. The number of carbonyl (C=O) groups is 1. The van der Waals surface area contributed by atoms with Gasteiger partial charge in [-0.05, 0) is 17.7 Å². The fourth-order valence-corrected chi connectivity index (χ4v) is 1.69. The molecule has 1 atom stereocenters. The van der Waals surface area contributed by atoms with E-state index in [9.17, 15) is 22.4 Å². The molecular weight excluding hydrogens is 254 g/mol. The summed E-state index contributed by atoms with van der Waals surface area (Å²) >= 11 is 0. The number of carboxylic acids is 1. The van der Waals surface area contributed by atoms with Crippen molar-refractivity contribution in [2.75, 3.05) is 6.54 Å². The molecule has 0 saturated heterocycles. The van der Waals surface area contributed by atoms with Crippen molar-refractivity contribution >= 4 is 5.97 Å². The summed E-state index contributed by atoms with van der Waals surface area (Å²) < 4.78 is 50.1. The summed E-state index contributed by atoms with van der Waals surface area (Å²) in [4.78, 5) is 11.1. The maximum absolute atomic E-state index is 12.7. The molecule has 0 amide bonds. The summed E-state index contributed by atoms with van der Waals surface area (Å²) in [5.74, 6) is -2.35. The van der Waals surface area contributed by atoms with Crippen LogP contribution in [0.15, 0.2) is 24.3 Å². The van der Waals surface area contributed by atoms with Crippen LogP contribution in [0.3, 0.4) is 0 Å². The average molecular weight is 265 g/mol. The summed E-state index contributed by atoms with van der Waals surface area (Å²) in [5.41, 5.74) is 2.76. The van der Waals surface area contributed by atoms with Crippen LogP contribution in [0.2, 0.25) is 0 Å². The van der Waals surface area contributed by atoms with Crippen LogP contribution in [0.25, 0.3) is 0 Å². The van der Waals surface area contributed by atoms with Crippen molar-refractivity contribution in [1.82, 2.24) is 0 Å². The zero-order chi connectivity index (χ0) is 14.0. The first kappa shape index (κ1) is 14.4.